The fourth-order valence-electron chi connectivity index (χ4n) is 3.67. The van der Waals surface area contributed by atoms with Crippen LogP contribution in [-0.4, -0.2) is 56.4 Å². The van der Waals surface area contributed by atoms with Crippen LogP contribution in [-0.2, 0) is 11.2 Å². The van der Waals surface area contributed by atoms with Gasteiger partial charge in [0, 0.05) is 25.9 Å². The summed E-state index contributed by atoms with van der Waals surface area (Å²) in [7, 11) is 1.62. The Bertz CT molecular complexity index is 1350. The van der Waals surface area contributed by atoms with E-state index in [1.54, 1.807) is 30.3 Å². The molecule has 3 aromatic rings. The second-order valence-electron chi connectivity index (χ2n) is 8.05. The second-order valence-corrected chi connectivity index (χ2v) is 9.73. The van der Waals surface area contributed by atoms with Gasteiger partial charge in [-0.15, -0.1) is 0 Å². The quantitative estimate of drug-likeness (QED) is 0.257. The lowest BCUT2D eigenvalue weighted by atomic mass is 10.1. The van der Waals surface area contributed by atoms with E-state index in [9.17, 15) is 9.59 Å². The van der Waals surface area contributed by atoms with Crippen molar-refractivity contribution in [1.29, 1.82) is 0 Å². The third kappa shape index (κ3) is 5.55. The van der Waals surface area contributed by atoms with Crippen LogP contribution in [0.5, 0.6) is 5.75 Å². The Labute approximate surface area is 212 Å². The molecule has 1 saturated heterocycles. The van der Waals surface area contributed by atoms with Crippen molar-refractivity contribution in [3.05, 3.63) is 74.5 Å². The number of hydrogen-bond acceptors (Lipinski definition) is 8. The number of thiocarbonyl (C=S) groups is 1. The zero-order chi connectivity index (χ0) is 24.9. The summed E-state index contributed by atoms with van der Waals surface area (Å²) in [6.07, 6.45) is 4.43. The maximum atomic E-state index is 13.4. The number of hydrogen-bond donors (Lipinski definition) is 2. The normalized spacial score (nSPS) is 14.8. The summed E-state index contributed by atoms with van der Waals surface area (Å²) in [4.78, 5) is 33.1. The van der Waals surface area contributed by atoms with Crippen LogP contribution in [0.4, 0.5) is 5.82 Å². The van der Waals surface area contributed by atoms with Crippen molar-refractivity contribution in [2.75, 3.05) is 32.1 Å². The number of methoxy groups -OCH3 is 1. The zero-order valence-corrected chi connectivity index (χ0v) is 21.1. The highest BCUT2D eigenvalue weighted by Crippen LogP contribution is 2.33. The SMILES string of the molecule is COc1ccc(CCN2C(=O)C(=Cc3c(NCCCO)nc4ccc(C)cn4c3=O)SC2=S)cc1. The fraction of sp³-hybridized carbons (Fsp3) is 0.280. The van der Waals surface area contributed by atoms with Gasteiger partial charge in [0.1, 0.15) is 21.5 Å². The van der Waals surface area contributed by atoms with Gasteiger partial charge in [0.15, 0.2) is 0 Å². The Morgan fingerprint density at radius 1 is 1.20 bits per heavy atom. The third-order valence-electron chi connectivity index (χ3n) is 5.57. The van der Waals surface area contributed by atoms with Crippen molar-refractivity contribution in [2.45, 2.75) is 19.8 Å². The first-order chi connectivity index (χ1) is 16.9. The van der Waals surface area contributed by atoms with Crippen LogP contribution in [0.1, 0.15) is 23.1 Å². The number of amides is 1. The number of nitrogens with one attached hydrogen (secondary N) is 1. The van der Waals surface area contributed by atoms with Crippen LogP contribution in [0.2, 0.25) is 0 Å². The second kappa shape index (κ2) is 11.0. The molecule has 0 radical (unpaired) electrons. The minimum Gasteiger partial charge on any atom is -0.497 e. The molecule has 10 heteroatoms. The number of pyridine rings is 1. The first-order valence-electron chi connectivity index (χ1n) is 11.2. The molecule has 1 amide bonds. The number of fused-ring (bicyclic) bond motifs is 1. The van der Waals surface area contributed by atoms with Gasteiger partial charge >= 0.3 is 0 Å². The molecule has 3 heterocycles. The van der Waals surface area contributed by atoms with Crippen molar-refractivity contribution in [1.82, 2.24) is 14.3 Å². The van der Waals surface area contributed by atoms with Gasteiger partial charge in [-0.25, -0.2) is 4.98 Å². The molecule has 0 bridgehead atoms. The maximum Gasteiger partial charge on any atom is 0.267 e. The molecule has 182 valence electrons. The van der Waals surface area contributed by atoms with Crippen molar-refractivity contribution in [3.63, 3.8) is 0 Å². The van der Waals surface area contributed by atoms with Crippen molar-refractivity contribution >= 4 is 51.7 Å². The van der Waals surface area contributed by atoms with Crippen LogP contribution in [0.25, 0.3) is 11.7 Å². The summed E-state index contributed by atoms with van der Waals surface area (Å²) in [5.41, 5.74) is 2.47. The molecular formula is C25H26N4O4S2. The molecule has 1 aliphatic rings. The minimum absolute atomic E-state index is 0.0148. The number of benzene rings is 1. The maximum absolute atomic E-state index is 13.4. The van der Waals surface area contributed by atoms with Gasteiger partial charge in [0.25, 0.3) is 11.5 Å². The van der Waals surface area contributed by atoms with E-state index in [4.69, 9.17) is 22.1 Å². The van der Waals surface area contributed by atoms with Gasteiger partial charge in [-0.3, -0.25) is 18.9 Å². The number of carbonyl (C=O) groups excluding carboxylic acids is 1. The summed E-state index contributed by atoms with van der Waals surface area (Å²) >= 11 is 6.65. The van der Waals surface area contributed by atoms with E-state index in [0.717, 1.165) is 16.9 Å². The molecule has 8 nitrogen and oxygen atoms in total. The molecule has 2 aromatic heterocycles. The van der Waals surface area contributed by atoms with Crippen molar-refractivity contribution < 1.29 is 14.6 Å². The van der Waals surface area contributed by atoms with E-state index < -0.39 is 0 Å². The molecule has 1 fully saturated rings. The third-order valence-corrected chi connectivity index (χ3v) is 6.94. The zero-order valence-electron chi connectivity index (χ0n) is 19.5. The van der Waals surface area contributed by atoms with Crippen molar-refractivity contribution in [2.24, 2.45) is 0 Å². The topological polar surface area (TPSA) is 96.2 Å². The lowest BCUT2D eigenvalue weighted by molar-refractivity contribution is -0.122. The van der Waals surface area contributed by atoms with Gasteiger partial charge in [0.2, 0.25) is 0 Å². The predicted octanol–water partition coefficient (Wildman–Crippen LogP) is 3.25. The van der Waals surface area contributed by atoms with Crippen LogP contribution in [0, 0.1) is 6.92 Å². The van der Waals surface area contributed by atoms with E-state index in [1.165, 1.54) is 16.2 Å². The Morgan fingerprint density at radius 2 is 1.97 bits per heavy atom. The number of nitrogens with zero attached hydrogens (tertiary/aromatic N) is 3. The van der Waals surface area contributed by atoms with Gasteiger partial charge in [-0.05, 0) is 55.2 Å². The highest BCUT2D eigenvalue weighted by atomic mass is 32.2. The molecular weight excluding hydrogens is 484 g/mol. The number of aromatic nitrogens is 2. The van der Waals surface area contributed by atoms with Gasteiger partial charge < -0.3 is 15.2 Å². The van der Waals surface area contributed by atoms with E-state index in [-0.39, 0.29) is 23.6 Å². The van der Waals surface area contributed by atoms with Gasteiger partial charge in [0.05, 0.1) is 17.6 Å². The molecule has 0 saturated carbocycles. The van der Waals surface area contributed by atoms with Crippen molar-refractivity contribution in [3.8, 4) is 5.75 Å². The molecule has 1 aromatic carbocycles. The smallest absolute Gasteiger partial charge is 0.267 e. The molecule has 35 heavy (non-hydrogen) atoms. The van der Waals surface area contributed by atoms with Gasteiger partial charge in [-0.2, -0.15) is 0 Å². The highest BCUT2D eigenvalue weighted by Gasteiger charge is 2.32. The molecule has 0 unspecified atom stereocenters. The highest BCUT2D eigenvalue weighted by molar-refractivity contribution is 8.26. The number of aliphatic hydroxyl groups is 1. The first kappa shape index (κ1) is 24.9. The van der Waals surface area contributed by atoms with E-state index in [2.05, 4.69) is 10.3 Å². The Kier molecular flexibility index (Phi) is 7.84. The van der Waals surface area contributed by atoms with E-state index in [0.29, 0.717) is 46.6 Å². The number of anilines is 1. The van der Waals surface area contributed by atoms with Crippen LogP contribution < -0.4 is 15.6 Å². The average molecular weight is 511 g/mol. The molecule has 0 atom stereocenters. The molecule has 0 aliphatic carbocycles. The lowest BCUT2D eigenvalue weighted by Crippen LogP contribution is -2.30. The average Bonchev–Trinajstić information content (AvgIpc) is 3.13. The summed E-state index contributed by atoms with van der Waals surface area (Å²) in [5.74, 6) is 0.913. The lowest BCUT2D eigenvalue weighted by Gasteiger charge is -2.14. The summed E-state index contributed by atoms with van der Waals surface area (Å²) in [6, 6.07) is 11.3. The fourth-order valence-corrected chi connectivity index (χ4v) is 4.96. The Hall–Kier alpha value is -3.21. The Morgan fingerprint density at radius 3 is 2.69 bits per heavy atom. The number of thioether (sulfide) groups is 1. The predicted molar refractivity (Wildman–Crippen MR) is 143 cm³/mol. The van der Waals surface area contributed by atoms with E-state index in [1.807, 2.05) is 37.3 Å². The Balaban J connectivity index is 1.62. The molecule has 0 spiro atoms. The molecule has 4 rings (SSSR count). The number of ether oxygens (including phenoxy) is 1. The van der Waals surface area contributed by atoms with E-state index >= 15 is 0 Å². The number of aryl methyl sites for hydroxylation is 1. The summed E-state index contributed by atoms with van der Waals surface area (Å²) in [5, 5.41) is 12.3. The number of aliphatic hydroxyl groups excluding tert-OH is 1. The molecule has 2 N–H and O–H groups in total. The summed E-state index contributed by atoms with van der Waals surface area (Å²) < 4.78 is 7.12. The van der Waals surface area contributed by atoms with Crippen LogP contribution in [0.15, 0.2) is 52.3 Å². The minimum atomic E-state index is -0.284. The first-order valence-corrected chi connectivity index (χ1v) is 12.4. The van der Waals surface area contributed by atoms with Crippen LogP contribution >= 0.6 is 24.0 Å². The van der Waals surface area contributed by atoms with Crippen LogP contribution in [0.3, 0.4) is 0 Å². The van der Waals surface area contributed by atoms with Gasteiger partial charge in [-0.1, -0.05) is 42.2 Å². The standard InChI is InChI=1S/C25H26N4O4S2/c1-16-4-9-21-27-22(26-11-3-13-30)19(23(31)29(21)15-16)14-20-24(32)28(25(34)35-20)12-10-17-5-7-18(33-2)8-6-17/h4-9,14-15,26,30H,3,10-13H2,1-2H3. The summed E-state index contributed by atoms with van der Waals surface area (Å²) in [6.45, 7) is 2.78. The largest absolute Gasteiger partial charge is 0.497 e. The number of carbonyl (C=O) groups is 1. The number of rotatable bonds is 9. The molecule has 1 aliphatic heterocycles. The monoisotopic (exact) mass is 510 g/mol.